The van der Waals surface area contributed by atoms with Crippen LogP contribution < -0.4 is 0 Å². The number of aryl methyl sites for hydroxylation is 1. The van der Waals surface area contributed by atoms with Crippen LogP contribution in [0.4, 0.5) is 0 Å². The van der Waals surface area contributed by atoms with Gasteiger partial charge in [0.2, 0.25) is 0 Å². The molecule has 0 spiro atoms. The van der Waals surface area contributed by atoms with Crippen molar-refractivity contribution in [1.82, 2.24) is 9.80 Å². The molecule has 40 heavy (non-hydrogen) atoms. The highest BCUT2D eigenvalue weighted by atomic mass is 16.4. The molecule has 0 atom stereocenters. The molecule has 1 saturated heterocycles. The van der Waals surface area contributed by atoms with Gasteiger partial charge in [0.05, 0.1) is 0 Å². The molecule has 1 fully saturated rings. The van der Waals surface area contributed by atoms with Gasteiger partial charge in [-0.3, -0.25) is 9.69 Å². The van der Waals surface area contributed by atoms with Crippen LogP contribution in [0.3, 0.4) is 0 Å². The van der Waals surface area contributed by atoms with E-state index in [2.05, 4.69) is 96.7 Å². The summed E-state index contributed by atoms with van der Waals surface area (Å²) in [5.41, 5.74) is 8.79. The predicted molar refractivity (Wildman–Crippen MR) is 164 cm³/mol. The van der Waals surface area contributed by atoms with Crippen molar-refractivity contribution in [3.63, 3.8) is 0 Å². The second kappa shape index (κ2) is 10.5. The van der Waals surface area contributed by atoms with Crippen molar-refractivity contribution in [3.8, 4) is 0 Å². The van der Waals surface area contributed by atoms with Gasteiger partial charge in [0.25, 0.3) is 5.91 Å². The van der Waals surface area contributed by atoms with E-state index in [0.717, 1.165) is 38.5 Å². The number of rotatable bonds is 5. The predicted octanol–water partition coefficient (Wildman–Crippen LogP) is 7.78. The van der Waals surface area contributed by atoms with Crippen molar-refractivity contribution in [2.75, 3.05) is 26.2 Å². The highest BCUT2D eigenvalue weighted by Crippen LogP contribution is 2.46. The quantitative estimate of drug-likeness (QED) is 0.331. The molecule has 2 heterocycles. The Morgan fingerprint density at radius 3 is 2.05 bits per heavy atom. The third-order valence-corrected chi connectivity index (χ3v) is 9.43. The van der Waals surface area contributed by atoms with E-state index in [1.54, 1.807) is 0 Å². The van der Waals surface area contributed by atoms with Gasteiger partial charge in [-0.2, -0.15) is 0 Å². The first-order chi connectivity index (χ1) is 18.7. The fourth-order valence-corrected chi connectivity index (χ4v) is 6.37. The molecule has 0 radical (unpaired) electrons. The van der Waals surface area contributed by atoms with Crippen LogP contribution in [0.5, 0.6) is 0 Å². The lowest BCUT2D eigenvalue weighted by atomic mass is 9.62. The molecule has 2 aliphatic rings. The van der Waals surface area contributed by atoms with Crippen LogP contribution in [0.15, 0.2) is 52.9 Å². The van der Waals surface area contributed by atoms with Crippen LogP contribution >= 0.6 is 0 Å². The minimum absolute atomic E-state index is 0.00507. The first kappa shape index (κ1) is 28.7. The molecular weight excluding hydrogens is 492 g/mol. The van der Waals surface area contributed by atoms with Gasteiger partial charge < -0.3 is 9.32 Å². The molecule has 3 aromatic rings. The zero-order chi connectivity index (χ0) is 28.9. The normalized spacial score (nSPS) is 18.9. The number of hydrogen-bond donors (Lipinski definition) is 0. The Morgan fingerprint density at radius 1 is 0.850 bits per heavy atom. The van der Waals surface area contributed by atoms with Crippen molar-refractivity contribution in [2.24, 2.45) is 0 Å². The minimum atomic E-state index is 0.00507. The van der Waals surface area contributed by atoms with Crippen molar-refractivity contribution in [1.29, 1.82) is 0 Å². The second-order valence-electron chi connectivity index (χ2n) is 14.6. The summed E-state index contributed by atoms with van der Waals surface area (Å²) in [5, 5.41) is 0. The van der Waals surface area contributed by atoms with Gasteiger partial charge in [0.15, 0.2) is 5.76 Å². The fourth-order valence-electron chi connectivity index (χ4n) is 6.37. The molecule has 0 unspecified atom stereocenters. The maximum atomic E-state index is 13.3. The number of amides is 1. The van der Waals surface area contributed by atoms with Crippen molar-refractivity contribution in [2.45, 2.75) is 97.4 Å². The molecule has 0 bridgehead atoms. The molecule has 214 valence electrons. The first-order valence-corrected chi connectivity index (χ1v) is 15.1. The Kier molecular flexibility index (Phi) is 7.54. The Morgan fingerprint density at radius 2 is 1.45 bits per heavy atom. The van der Waals surface area contributed by atoms with Crippen molar-refractivity contribution < 1.29 is 9.21 Å². The summed E-state index contributed by atoms with van der Waals surface area (Å²) < 4.78 is 6.15. The molecule has 2 aromatic carbocycles. The van der Waals surface area contributed by atoms with Crippen LogP contribution in [-0.4, -0.2) is 41.9 Å². The van der Waals surface area contributed by atoms with Gasteiger partial charge in [-0.1, -0.05) is 84.9 Å². The molecule has 0 saturated carbocycles. The van der Waals surface area contributed by atoms with E-state index >= 15 is 0 Å². The largest absolute Gasteiger partial charge is 0.456 e. The van der Waals surface area contributed by atoms with E-state index in [9.17, 15) is 4.79 Å². The molecule has 5 rings (SSSR count). The molecule has 1 aliphatic heterocycles. The van der Waals surface area contributed by atoms with Gasteiger partial charge in [-0.15, -0.1) is 0 Å². The maximum absolute atomic E-state index is 13.3. The fraction of sp³-hybridized carbons (Fsp3) is 0.528. The number of piperazine rings is 1. The Hall–Kier alpha value is -2.85. The Labute approximate surface area is 241 Å². The lowest BCUT2D eigenvalue weighted by molar-refractivity contribution is 0.0596. The summed E-state index contributed by atoms with van der Waals surface area (Å²) in [6, 6.07) is 17.6. The number of benzene rings is 2. The van der Waals surface area contributed by atoms with Gasteiger partial charge in [0, 0.05) is 39.1 Å². The average Bonchev–Trinajstić information content (AvgIpc) is 3.36. The monoisotopic (exact) mass is 540 g/mol. The topological polar surface area (TPSA) is 36.7 Å². The summed E-state index contributed by atoms with van der Waals surface area (Å²) >= 11 is 0. The van der Waals surface area contributed by atoms with Gasteiger partial charge in [-0.05, 0) is 81.5 Å². The number of nitrogens with zero attached hydrogens (tertiary/aromatic N) is 2. The molecule has 4 nitrogen and oxygen atoms in total. The highest BCUT2D eigenvalue weighted by Gasteiger charge is 2.37. The summed E-state index contributed by atoms with van der Waals surface area (Å²) in [4.78, 5) is 17.7. The summed E-state index contributed by atoms with van der Waals surface area (Å²) in [6.45, 7) is 22.5. The second-order valence-corrected chi connectivity index (χ2v) is 14.6. The van der Waals surface area contributed by atoms with Crippen molar-refractivity contribution in [3.05, 3.63) is 93.4 Å². The molecule has 1 aliphatic carbocycles. The zero-order valence-corrected chi connectivity index (χ0v) is 26.0. The number of carbonyl (C=O) groups excluding carboxylic acids is 1. The Bertz CT molecular complexity index is 1360. The van der Waals surface area contributed by atoms with E-state index in [1.807, 2.05) is 17.0 Å². The summed E-state index contributed by atoms with van der Waals surface area (Å²) in [6.07, 6.45) is 3.13. The Balaban J connectivity index is 1.20. The van der Waals surface area contributed by atoms with Crippen LogP contribution in [0.2, 0.25) is 0 Å². The lowest BCUT2D eigenvalue weighted by Crippen LogP contribution is -2.48. The van der Waals surface area contributed by atoms with Gasteiger partial charge in [-0.25, -0.2) is 0 Å². The smallest absolute Gasteiger partial charge is 0.289 e. The van der Waals surface area contributed by atoms with Gasteiger partial charge in [0.1, 0.15) is 5.76 Å². The highest BCUT2D eigenvalue weighted by molar-refractivity contribution is 5.91. The van der Waals surface area contributed by atoms with Gasteiger partial charge >= 0.3 is 0 Å². The molecular formula is C36H48N2O2. The summed E-state index contributed by atoms with van der Waals surface area (Å²) in [5.74, 6) is 1.32. The average molecular weight is 541 g/mol. The third-order valence-electron chi connectivity index (χ3n) is 9.43. The van der Waals surface area contributed by atoms with E-state index in [1.165, 1.54) is 46.2 Å². The number of hydrogen-bond acceptors (Lipinski definition) is 3. The third kappa shape index (κ3) is 5.93. The zero-order valence-electron chi connectivity index (χ0n) is 26.0. The van der Waals surface area contributed by atoms with Crippen LogP contribution in [0, 0.1) is 6.92 Å². The van der Waals surface area contributed by atoms with Crippen molar-refractivity contribution >= 4 is 5.91 Å². The van der Waals surface area contributed by atoms with Crippen LogP contribution in [-0.2, 0) is 29.2 Å². The van der Waals surface area contributed by atoms with E-state index in [0.29, 0.717) is 12.2 Å². The van der Waals surface area contributed by atoms with Crippen LogP contribution in [0.25, 0.3) is 0 Å². The number of furan rings is 1. The SMILES string of the molecule is Cc1cc2c(cc1Cc1ccc(C(=O)N3CCN(Cc4ccc(C(C)(C)C)cc4)CC3)o1)C(C)(C)CCC2(C)C. The summed E-state index contributed by atoms with van der Waals surface area (Å²) in [7, 11) is 0. The van der Waals surface area contributed by atoms with E-state index < -0.39 is 0 Å². The van der Waals surface area contributed by atoms with E-state index in [-0.39, 0.29) is 22.2 Å². The molecule has 4 heteroatoms. The molecule has 1 amide bonds. The lowest BCUT2D eigenvalue weighted by Gasteiger charge is -2.42. The standard InChI is InChI=1S/C36H48N2O2/c1-25-21-30-31(36(7,8)16-15-35(30,5)6)23-27(25)22-29-13-14-32(40-29)33(39)38-19-17-37(18-20-38)24-26-9-11-28(12-10-26)34(2,3)4/h9-14,21,23H,15-20,22,24H2,1-8H3. The first-order valence-electron chi connectivity index (χ1n) is 15.1. The molecule has 1 aromatic heterocycles. The van der Waals surface area contributed by atoms with E-state index in [4.69, 9.17) is 4.42 Å². The number of fused-ring (bicyclic) bond motifs is 1. The minimum Gasteiger partial charge on any atom is -0.456 e. The number of carbonyl (C=O) groups is 1. The maximum Gasteiger partial charge on any atom is 0.289 e. The van der Waals surface area contributed by atoms with Crippen LogP contribution in [0.1, 0.15) is 111 Å². The molecule has 0 N–H and O–H groups in total.